The second kappa shape index (κ2) is 23.8. The topological polar surface area (TPSA) is 52.7 Å². The summed E-state index contributed by atoms with van der Waals surface area (Å²) in [6.07, 6.45) is 4.68. The SMILES string of the molecule is CCC(=O)[C@@H]1C2CCC(C[C@@H]1c1ccc3ccccc3c1)N2CCCN(CCSC(c1ccccc1)(c1ccccc1)c1ccccc1)CC(=O)NCCS(c1ccccc1)(c1ccccc1)c1ccccc1. The first-order chi connectivity index (χ1) is 36.0. The normalized spacial score (nSPS) is 18.2. The predicted molar refractivity (Wildman–Crippen MR) is 306 cm³/mol. The van der Waals surface area contributed by atoms with Crippen LogP contribution in [0.4, 0.5) is 0 Å². The van der Waals surface area contributed by atoms with Crippen molar-refractivity contribution in [2.75, 3.05) is 44.2 Å². The van der Waals surface area contributed by atoms with E-state index in [1.807, 2.05) is 18.7 Å². The molecule has 2 fully saturated rings. The van der Waals surface area contributed by atoms with Crippen molar-refractivity contribution in [3.8, 4) is 0 Å². The molecule has 0 aliphatic carbocycles. The number of piperidine rings is 1. The van der Waals surface area contributed by atoms with Gasteiger partial charge in [-0.05, 0) is 129 Å². The van der Waals surface area contributed by atoms with Gasteiger partial charge in [0, 0.05) is 49.0 Å². The van der Waals surface area contributed by atoms with E-state index in [4.69, 9.17) is 0 Å². The summed E-state index contributed by atoms with van der Waals surface area (Å²) in [5, 5.41) is 5.96. The summed E-state index contributed by atoms with van der Waals surface area (Å²) in [6.45, 7) is 5.35. The predicted octanol–water partition coefficient (Wildman–Crippen LogP) is 14.3. The van der Waals surface area contributed by atoms with Crippen molar-refractivity contribution in [2.24, 2.45) is 5.92 Å². The second-order valence-electron chi connectivity index (χ2n) is 19.8. The number of hydrogen-bond donors (Lipinski definition) is 1. The fourth-order valence-corrected chi connectivity index (χ4v) is 17.6. The average Bonchev–Trinajstić information content (AvgIpc) is 3.73. The van der Waals surface area contributed by atoms with Gasteiger partial charge in [-0.25, -0.2) is 0 Å². The van der Waals surface area contributed by atoms with Crippen molar-refractivity contribution in [1.82, 2.24) is 15.1 Å². The average molecular weight is 1000 g/mol. The van der Waals surface area contributed by atoms with E-state index in [1.165, 1.54) is 47.7 Å². The molecular formula is C66H69N3O2S2. The van der Waals surface area contributed by atoms with Crippen LogP contribution in [-0.4, -0.2) is 77.8 Å². The number of amides is 1. The summed E-state index contributed by atoms with van der Waals surface area (Å²) in [5.74, 6) is 2.26. The highest BCUT2D eigenvalue weighted by Gasteiger charge is 2.49. The summed E-state index contributed by atoms with van der Waals surface area (Å²) in [6, 6.07) is 81.5. The lowest BCUT2D eigenvalue weighted by molar-refractivity contribution is -0.127. The molecule has 10 rings (SSSR count). The highest BCUT2D eigenvalue weighted by Crippen LogP contribution is 2.68. The number of nitrogens with zero attached hydrogens (tertiary/aromatic N) is 2. The van der Waals surface area contributed by atoms with Crippen LogP contribution in [0.5, 0.6) is 0 Å². The quantitative estimate of drug-likeness (QED) is 0.0686. The first-order valence-electron chi connectivity index (χ1n) is 26.5. The number of benzene rings is 8. The zero-order chi connectivity index (χ0) is 49.9. The van der Waals surface area contributed by atoms with Gasteiger partial charge in [-0.15, -0.1) is 11.8 Å². The van der Waals surface area contributed by atoms with Gasteiger partial charge in [-0.1, -0.05) is 195 Å². The maximum atomic E-state index is 14.6. The molecule has 2 saturated heterocycles. The Bertz CT molecular complexity index is 2820. The van der Waals surface area contributed by atoms with Gasteiger partial charge in [0.2, 0.25) is 5.91 Å². The molecule has 1 amide bonds. The maximum Gasteiger partial charge on any atom is 0.234 e. The largest absolute Gasteiger partial charge is 0.354 e. The lowest BCUT2D eigenvalue weighted by Gasteiger charge is -2.44. The third-order valence-electron chi connectivity index (χ3n) is 15.7. The maximum absolute atomic E-state index is 14.6. The van der Waals surface area contributed by atoms with E-state index >= 15 is 0 Å². The van der Waals surface area contributed by atoms with Crippen LogP contribution in [0.1, 0.15) is 67.2 Å². The molecule has 1 N–H and O–H groups in total. The highest BCUT2D eigenvalue weighted by atomic mass is 32.3. The number of carbonyl (C=O) groups is 2. The molecule has 0 saturated carbocycles. The van der Waals surface area contributed by atoms with E-state index in [9.17, 15) is 9.59 Å². The van der Waals surface area contributed by atoms with Gasteiger partial charge in [-0.3, -0.25) is 19.4 Å². The van der Waals surface area contributed by atoms with Crippen molar-refractivity contribution in [3.05, 3.63) is 247 Å². The minimum absolute atomic E-state index is 0.0119. The van der Waals surface area contributed by atoms with Crippen LogP contribution < -0.4 is 5.32 Å². The lowest BCUT2D eigenvalue weighted by Crippen LogP contribution is -2.51. The molecule has 0 spiro atoms. The van der Waals surface area contributed by atoms with Gasteiger partial charge in [0.25, 0.3) is 0 Å². The summed E-state index contributed by atoms with van der Waals surface area (Å²) in [7, 11) is -1.70. The molecule has 8 aromatic rings. The fourth-order valence-electron chi connectivity index (χ4n) is 12.3. The third kappa shape index (κ3) is 10.9. The standard InChI is InChI=1S/C66H69N3O2S2/c1-2-63(70)65-61(53-39-38-51-24-21-22-25-52(51)48-53)49-57-40-41-62(65)69(57)44-23-43-68(45-46-72-66(54-26-9-3-10-27-54,55-28-11-4-12-29-55)56-30-13-5-14-31-56)50-64(71)67-42-47-73(58-32-15-6-16-33-58,59-34-17-7-18-35-59)60-36-19-8-20-37-60/h3-22,24-39,48,57,61-62,65H,2,23,40-47,49-50H2,1H3,(H,67,71)/t57?,61-,62?,65+/m1/s1. The number of nitrogens with one attached hydrogen (secondary N) is 1. The Hall–Kier alpha value is -6.22. The monoisotopic (exact) mass is 999 g/mol. The highest BCUT2D eigenvalue weighted by molar-refractivity contribution is 8.33. The van der Waals surface area contributed by atoms with Crippen LogP contribution in [0.3, 0.4) is 0 Å². The molecule has 7 heteroatoms. The first-order valence-corrected chi connectivity index (χ1v) is 29.3. The Morgan fingerprint density at radius 3 is 1.66 bits per heavy atom. The number of thioether (sulfide) groups is 1. The number of Topliss-reactive ketones (excluding diaryl/α,β-unsaturated/α-hetero) is 1. The molecule has 2 heterocycles. The van der Waals surface area contributed by atoms with Crippen molar-refractivity contribution in [3.63, 3.8) is 0 Å². The Balaban J connectivity index is 0.897. The van der Waals surface area contributed by atoms with E-state index in [-0.39, 0.29) is 23.8 Å². The van der Waals surface area contributed by atoms with Crippen LogP contribution in [0.15, 0.2) is 239 Å². The number of ketones is 1. The summed E-state index contributed by atoms with van der Waals surface area (Å²) >= 11 is 1.96. The first kappa shape index (κ1) is 50.3. The van der Waals surface area contributed by atoms with Crippen molar-refractivity contribution >= 4 is 44.3 Å². The van der Waals surface area contributed by atoms with Crippen molar-refractivity contribution in [2.45, 2.75) is 76.5 Å². The van der Waals surface area contributed by atoms with Gasteiger partial charge in [0.1, 0.15) is 5.78 Å². The number of hydrogen-bond acceptors (Lipinski definition) is 5. The van der Waals surface area contributed by atoms with Gasteiger partial charge >= 0.3 is 0 Å². The Morgan fingerprint density at radius 2 is 1.12 bits per heavy atom. The minimum atomic E-state index is -1.70. The molecular weight excluding hydrogens is 931 g/mol. The van der Waals surface area contributed by atoms with Crippen LogP contribution >= 0.6 is 21.8 Å². The van der Waals surface area contributed by atoms with E-state index in [2.05, 4.69) is 240 Å². The van der Waals surface area contributed by atoms with Gasteiger partial charge in [0.15, 0.2) is 0 Å². The molecule has 4 atom stereocenters. The van der Waals surface area contributed by atoms with E-state index in [0.29, 0.717) is 31.3 Å². The molecule has 0 radical (unpaired) electrons. The smallest absolute Gasteiger partial charge is 0.234 e. The Morgan fingerprint density at radius 1 is 0.616 bits per heavy atom. The summed E-state index contributed by atoms with van der Waals surface area (Å²) < 4.78 is -0.453. The molecule has 372 valence electrons. The molecule has 73 heavy (non-hydrogen) atoms. The van der Waals surface area contributed by atoms with Crippen LogP contribution in [0, 0.1) is 5.92 Å². The molecule has 8 aromatic carbocycles. The van der Waals surface area contributed by atoms with Crippen molar-refractivity contribution in [1.29, 1.82) is 0 Å². The molecule has 2 aliphatic heterocycles. The van der Waals surface area contributed by atoms with Crippen LogP contribution in [-0.2, 0) is 14.3 Å². The zero-order valence-electron chi connectivity index (χ0n) is 42.2. The third-order valence-corrected chi connectivity index (χ3v) is 21.3. The Labute approximate surface area is 439 Å². The van der Waals surface area contributed by atoms with Crippen molar-refractivity contribution < 1.29 is 9.59 Å². The molecule has 5 nitrogen and oxygen atoms in total. The number of fused-ring (bicyclic) bond motifs is 3. The summed E-state index contributed by atoms with van der Waals surface area (Å²) in [4.78, 5) is 37.6. The van der Waals surface area contributed by atoms with E-state index < -0.39 is 14.8 Å². The fraction of sp³-hybridized carbons (Fsp3) is 0.273. The molecule has 2 bridgehead atoms. The lowest BCUT2D eigenvalue weighted by atomic mass is 9.73. The van der Waals surface area contributed by atoms with Crippen LogP contribution in [0.25, 0.3) is 10.8 Å². The zero-order valence-corrected chi connectivity index (χ0v) is 43.8. The molecule has 2 unspecified atom stereocenters. The van der Waals surface area contributed by atoms with E-state index in [1.54, 1.807) is 0 Å². The molecule has 2 aliphatic rings. The molecule has 0 aromatic heterocycles. The van der Waals surface area contributed by atoms with Gasteiger partial charge in [0.05, 0.1) is 11.3 Å². The van der Waals surface area contributed by atoms with E-state index in [0.717, 1.165) is 56.8 Å². The minimum Gasteiger partial charge on any atom is -0.354 e. The van der Waals surface area contributed by atoms with Crippen LogP contribution in [0.2, 0.25) is 0 Å². The van der Waals surface area contributed by atoms with Gasteiger partial charge < -0.3 is 5.32 Å². The number of carbonyl (C=O) groups excluding carboxylic acids is 2. The number of rotatable bonds is 22. The Kier molecular flexibility index (Phi) is 16.4. The summed E-state index contributed by atoms with van der Waals surface area (Å²) in [5.41, 5.74) is 5.02. The second-order valence-corrected chi connectivity index (χ2v) is 24.4. The van der Waals surface area contributed by atoms with Gasteiger partial charge in [-0.2, -0.15) is 10.0 Å².